The first-order valence-electron chi connectivity index (χ1n) is 10.3. The van der Waals surface area contributed by atoms with Crippen LogP contribution in [-0.4, -0.2) is 35.7 Å². The fourth-order valence-corrected chi connectivity index (χ4v) is 4.23. The molecule has 4 rings (SSSR count). The lowest BCUT2D eigenvalue weighted by atomic mass is 9.90. The Kier molecular flexibility index (Phi) is 5.46. The fraction of sp³-hybridized carbons (Fsp3) is 0.231. The summed E-state index contributed by atoms with van der Waals surface area (Å²) in [5.74, 6) is -1.96. The number of halogens is 1. The molecule has 0 fully saturated rings. The molecule has 0 saturated carbocycles. The van der Waals surface area contributed by atoms with Gasteiger partial charge < -0.3 is 9.84 Å². The van der Waals surface area contributed by atoms with Crippen LogP contribution in [0.5, 0.6) is 0 Å². The van der Waals surface area contributed by atoms with Crippen molar-refractivity contribution in [3.8, 4) is 11.1 Å². The maximum atomic E-state index is 14.1. The van der Waals surface area contributed by atoms with Crippen LogP contribution < -0.4 is 0 Å². The Morgan fingerprint density at radius 2 is 1.59 bits per heavy atom. The molecule has 6 heteroatoms. The largest absolute Gasteiger partial charge is 0.479 e. The van der Waals surface area contributed by atoms with Crippen LogP contribution in [0.15, 0.2) is 66.7 Å². The predicted octanol–water partition coefficient (Wildman–Crippen LogP) is 5.31. The van der Waals surface area contributed by atoms with E-state index in [9.17, 15) is 19.1 Å². The molecule has 1 unspecified atom stereocenters. The van der Waals surface area contributed by atoms with E-state index in [0.29, 0.717) is 5.56 Å². The summed E-state index contributed by atoms with van der Waals surface area (Å²) in [5, 5.41) is 9.93. The molecule has 1 aliphatic carbocycles. The molecule has 0 aromatic heterocycles. The van der Waals surface area contributed by atoms with Gasteiger partial charge in [0.15, 0.2) is 5.54 Å². The van der Waals surface area contributed by atoms with Crippen LogP contribution in [0.2, 0.25) is 0 Å². The Morgan fingerprint density at radius 3 is 2.12 bits per heavy atom. The van der Waals surface area contributed by atoms with Gasteiger partial charge in [0.2, 0.25) is 0 Å². The SMILES string of the molecule is Cc1ccc(C(C)(C(=O)O)N(C)C(=O)OCC2c3ccccc3-c3ccccc32)cc1F. The third-order valence-corrected chi connectivity index (χ3v) is 6.43. The van der Waals surface area contributed by atoms with Crippen LogP contribution in [0, 0.1) is 12.7 Å². The van der Waals surface area contributed by atoms with Gasteiger partial charge in [-0.25, -0.2) is 14.0 Å². The van der Waals surface area contributed by atoms with Crippen LogP contribution in [-0.2, 0) is 15.1 Å². The molecule has 0 spiro atoms. The molecule has 0 heterocycles. The van der Waals surface area contributed by atoms with Crippen LogP contribution >= 0.6 is 0 Å². The van der Waals surface area contributed by atoms with Gasteiger partial charge in [-0.1, -0.05) is 60.7 Å². The summed E-state index contributed by atoms with van der Waals surface area (Å²) >= 11 is 0. The third-order valence-electron chi connectivity index (χ3n) is 6.43. The molecule has 1 aliphatic rings. The Balaban J connectivity index is 1.58. The minimum Gasteiger partial charge on any atom is -0.479 e. The molecule has 1 N–H and O–H groups in total. The number of likely N-dealkylation sites (N-methyl/N-ethyl adjacent to an activating group) is 1. The van der Waals surface area contributed by atoms with E-state index < -0.39 is 23.4 Å². The highest BCUT2D eigenvalue weighted by Gasteiger charge is 2.43. The number of amides is 1. The molecule has 3 aromatic rings. The van der Waals surface area contributed by atoms with Gasteiger partial charge >= 0.3 is 12.1 Å². The molecule has 0 bridgehead atoms. The van der Waals surface area contributed by atoms with Gasteiger partial charge in [0.25, 0.3) is 0 Å². The zero-order valence-corrected chi connectivity index (χ0v) is 18.1. The number of rotatable bonds is 5. The van der Waals surface area contributed by atoms with E-state index in [2.05, 4.69) is 0 Å². The number of hydrogen-bond acceptors (Lipinski definition) is 3. The number of hydrogen-bond donors (Lipinski definition) is 1. The third kappa shape index (κ3) is 3.42. The van der Waals surface area contributed by atoms with Gasteiger partial charge in [0.05, 0.1) is 0 Å². The van der Waals surface area contributed by atoms with E-state index in [1.165, 1.54) is 26.1 Å². The predicted molar refractivity (Wildman–Crippen MR) is 119 cm³/mol. The monoisotopic (exact) mass is 433 g/mol. The van der Waals surface area contributed by atoms with Crippen molar-refractivity contribution in [3.05, 3.63) is 94.8 Å². The highest BCUT2D eigenvalue weighted by molar-refractivity contribution is 5.85. The van der Waals surface area contributed by atoms with Crippen molar-refractivity contribution in [1.29, 1.82) is 0 Å². The summed E-state index contributed by atoms with van der Waals surface area (Å²) in [4.78, 5) is 26.1. The first-order chi connectivity index (χ1) is 15.2. The number of ether oxygens (including phenoxy) is 1. The average Bonchev–Trinajstić information content (AvgIpc) is 3.11. The lowest BCUT2D eigenvalue weighted by Crippen LogP contribution is -2.51. The molecular weight excluding hydrogens is 409 g/mol. The van der Waals surface area contributed by atoms with E-state index in [-0.39, 0.29) is 18.1 Å². The molecule has 1 atom stereocenters. The number of carbonyl (C=O) groups excluding carboxylic acids is 1. The maximum absolute atomic E-state index is 14.1. The molecule has 3 aromatic carbocycles. The summed E-state index contributed by atoms with van der Waals surface area (Å²) in [6.45, 7) is 3.02. The molecule has 32 heavy (non-hydrogen) atoms. The summed E-state index contributed by atoms with van der Waals surface area (Å²) < 4.78 is 19.7. The topological polar surface area (TPSA) is 66.8 Å². The van der Waals surface area contributed by atoms with Crippen molar-refractivity contribution in [2.24, 2.45) is 0 Å². The lowest BCUT2D eigenvalue weighted by Gasteiger charge is -2.35. The number of aryl methyl sites for hydroxylation is 1. The second-order valence-corrected chi connectivity index (χ2v) is 8.20. The normalized spacial score (nSPS) is 14.2. The van der Waals surface area contributed by atoms with Crippen molar-refractivity contribution >= 4 is 12.1 Å². The summed E-state index contributed by atoms with van der Waals surface area (Å²) in [6, 6.07) is 20.1. The van der Waals surface area contributed by atoms with Crippen LogP contribution in [0.3, 0.4) is 0 Å². The number of aliphatic carboxylic acids is 1. The highest BCUT2D eigenvalue weighted by Crippen LogP contribution is 2.44. The molecule has 164 valence electrons. The Bertz CT molecular complexity index is 1160. The minimum absolute atomic E-state index is 0.0646. The Hall–Kier alpha value is -3.67. The average molecular weight is 433 g/mol. The van der Waals surface area contributed by atoms with Crippen molar-refractivity contribution < 1.29 is 23.8 Å². The second kappa shape index (κ2) is 8.11. The first-order valence-corrected chi connectivity index (χ1v) is 10.3. The van der Waals surface area contributed by atoms with E-state index in [1.54, 1.807) is 6.92 Å². The maximum Gasteiger partial charge on any atom is 0.410 e. The van der Waals surface area contributed by atoms with Crippen LogP contribution in [0.1, 0.15) is 35.1 Å². The molecule has 5 nitrogen and oxygen atoms in total. The molecule has 0 radical (unpaired) electrons. The van der Waals surface area contributed by atoms with Crippen LogP contribution in [0.25, 0.3) is 11.1 Å². The number of benzene rings is 3. The number of carboxylic acid groups (broad SMARTS) is 1. The summed E-state index contributed by atoms with van der Waals surface area (Å²) in [5.41, 5.74) is 3.08. The van der Waals surface area contributed by atoms with Crippen molar-refractivity contribution in [1.82, 2.24) is 4.90 Å². The highest BCUT2D eigenvalue weighted by atomic mass is 19.1. The number of carboxylic acids is 1. The lowest BCUT2D eigenvalue weighted by molar-refractivity contribution is -0.149. The molecule has 1 amide bonds. The summed E-state index contributed by atoms with van der Waals surface area (Å²) in [6.07, 6.45) is -0.794. The zero-order valence-electron chi connectivity index (χ0n) is 18.1. The van der Waals surface area contributed by atoms with Crippen molar-refractivity contribution in [3.63, 3.8) is 0 Å². The van der Waals surface area contributed by atoms with Crippen molar-refractivity contribution in [2.45, 2.75) is 25.3 Å². The van der Waals surface area contributed by atoms with Gasteiger partial charge in [-0.2, -0.15) is 0 Å². The fourth-order valence-electron chi connectivity index (χ4n) is 4.23. The number of carbonyl (C=O) groups is 2. The number of fused-ring (bicyclic) bond motifs is 3. The smallest absolute Gasteiger partial charge is 0.410 e. The quantitative estimate of drug-likeness (QED) is 0.592. The van der Waals surface area contributed by atoms with Crippen LogP contribution in [0.4, 0.5) is 9.18 Å². The van der Waals surface area contributed by atoms with E-state index >= 15 is 0 Å². The van der Waals surface area contributed by atoms with E-state index in [0.717, 1.165) is 33.2 Å². The Labute approximate surface area is 186 Å². The summed E-state index contributed by atoms with van der Waals surface area (Å²) in [7, 11) is 1.35. The standard InChI is InChI=1S/C26H24FNO4/c1-16-12-13-17(14-23(16)27)26(2,24(29)30)28(3)25(31)32-15-22-20-10-6-4-8-18(20)19-9-5-7-11-21(19)22/h4-14,22H,15H2,1-3H3,(H,29,30). The van der Waals surface area contributed by atoms with Gasteiger partial charge in [0, 0.05) is 13.0 Å². The first kappa shape index (κ1) is 21.6. The van der Waals surface area contributed by atoms with E-state index in [1.807, 2.05) is 48.5 Å². The second-order valence-electron chi connectivity index (χ2n) is 8.20. The zero-order chi connectivity index (χ0) is 23.0. The van der Waals surface area contributed by atoms with Gasteiger partial charge in [-0.05, 0) is 53.3 Å². The van der Waals surface area contributed by atoms with Gasteiger partial charge in [0.1, 0.15) is 12.4 Å². The van der Waals surface area contributed by atoms with E-state index in [4.69, 9.17) is 4.74 Å². The molecular formula is C26H24FNO4. The minimum atomic E-state index is -1.79. The molecule has 0 saturated heterocycles. The van der Waals surface area contributed by atoms with Gasteiger partial charge in [-0.15, -0.1) is 0 Å². The Morgan fingerprint density at radius 1 is 1.03 bits per heavy atom. The molecule has 0 aliphatic heterocycles. The van der Waals surface area contributed by atoms with Crippen molar-refractivity contribution in [2.75, 3.05) is 13.7 Å². The number of nitrogens with zero attached hydrogens (tertiary/aromatic N) is 1. The van der Waals surface area contributed by atoms with Gasteiger partial charge in [-0.3, -0.25) is 4.90 Å².